The van der Waals surface area contributed by atoms with Gasteiger partial charge in [0.05, 0.1) is 25.1 Å². The van der Waals surface area contributed by atoms with Crippen LogP contribution < -0.4 is 0 Å². The third-order valence-corrected chi connectivity index (χ3v) is 6.96. The lowest BCUT2D eigenvalue weighted by atomic mass is 9.86. The van der Waals surface area contributed by atoms with Crippen molar-refractivity contribution in [1.29, 1.82) is 0 Å². The average molecular weight is 411 g/mol. The standard InChI is InChI=1S/C22H30N6O2/c1-2-26-5-3-17(4-6-26)21(29)27-7-8-30-15-22(13-27)9-20-25-12-19(28(20)14-22)18-10-23-16-24-11-18/h10-12,16-17H,2-9,13-15H2,1H3. The Balaban J connectivity index is 1.32. The van der Waals surface area contributed by atoms with Crippen molar-refractivity contribution in [3.8, 4) is 11.3 Å². The summed E-state index contributed by atoms with van der Waals surface area (Å²) in [6.45, 7) is 8.84. The largest absolute Gasteiger partial charge is 0.379 e. The lowest BCUT2D eigenvalue weighted by Crippen LogP contribution is -2.47. The van der Waals surface area contributed by atoms with Gasteiger partial charge in [-0.3, -0.25) is 4.79 Å². The Hall–Kier alpha value is -2.32. The summed E-state index contributed by atoms with van der Waals surface area (Å²) in [6.07, 6.45) is 9.86. The summed E-state index contributed by atoms with van der Waals surface area (Å²) in [5.41, 5.74) is 1.90. The van der Waals surface area contributed by atoms with E-state index in [2.05, 4.69) is 36.2 Å². The highest BCUT2D eigenvalue weighted by molar-refractivity contribution is 5.79. The Bertz CT molecular complexity index is 892. The quantitative estimate of drug-likeness (QED) is 0.763. The van der Waals surface area contributed by atoms with Gasteiger partial charge in [-0.15, -0.1) is 0 Å². The fraction of sp³-hybridized carbons (Fsp3) is 0.636. The predicted octanol–water partition coefficient (Wildman–Crippen LogP) is 1.47. The summed E-state index contributed by atoms with van der Waals surface area (Å²) >= 11 is 0. The van der Waals surface area contributed by atoms with Crippen LogP contribution in [-0.4, -0.2) is 81.2 Å². The van der Waals surface area contributed by atoms with Crippen molar-refractivity contribution < 1.29 is 9.53 Å². The second-order valence-electron chi connectivity index (χ2n) is 8.97. The molecule has 0 N–H and O–H groups in total. The average Bonchev–Trinajstić information content (AvgIpc) is 3.25. The van der Waals surface area contributed by atoms with Gasteiger partial charge in [0.2, 0.25) is 5.91 Å². The predicted molar refractivity (Wildman–Crippen MR) is 112 cm³/mol. The van der Waals surface area contributed by atoms with Crippen molar-refractivity contribution in [1.82, 2.24) is 29.3 Å². The van der Waals surface area contributed by atoms with E-state index in [1.54, 1.807) is 6.33 Å². The van der Waals surface area contributed by atoms with E-state index in [1.807, 2.05) is 18.6 Å². The van der Waals surface area contributed by atoms with Gasteiger partial charge in [0.1, 0.15) is 12.2 Å². The van der Waals surface area contributed by atoms with Gasteiger partial charge in [-0.05, 0) is 32.5 Å². The summed E-state index contributed by atoms with van der Waals surface area (Å²) in [5.74, 6) is 1.53. The highest BCUT2D eigenvalue weighted by Gasteiger charge is 2.44. The molecule has 0 aromatic carbocycles. The molecule has 0 saturated carbocycles. The second-order valence-corrected chi connectivity index (χ2v) is 8.97. The first-order valence-corrected chi connectivity index (χ1v) is 11.1. The fourth-order valence-corrected chi connectivity index (χ4v) is 5.26. The molecular weight excluding hydrogens is 380 g/mol. The maximum Gasteiger partial charge on any atom is 0.225 e. The van der Waals surface area contributed by atoms with Crippen molar-refractivity contribution >= 4 is 5.91 Å². The molecule has 2 saturated heterocycles. The lowest BCUT2D eigenvalue weighted by Gasteiger charge is -2.36. The molecule has 5 rings (SSSR count). The molecule has 160 valence electrons. The van der Waals surface area contributed by atoms with Crippen molar-refractivity contribution in [2.75, 3.05) is 45.9 Å². The van der Waals surface area contributed by atoms with Crippen LogP contribution in [0.3, 0.4) is 0 Å². The van der Waals surface area contributed by atoms with Gasteiger partial charge in [0.25, 0.3) is 0 Å². The number of nitrogens with zero attached hydrogens (tertiary/aromatic N) is 6. The van der Waals surface area contributed by atoms with E-state index in [9.17, 15) is 4.79 Å². The number of hydrogen-bond donors (Lipinski definition) is 0. The summed E-state index contributed by atoms with van der Waals surface area (Å²) in [7, 11) is 0. The van der Waals surface area contributed by atoms with Gasteiger partial charge in [-0.2, -0.15) is 0 Å². The van der Waals surface area contributed by atoms with E-state index in [0.29, 0.717) is 25.7 Å². The van der Waals surface area contributed by atoms with Crippen molar-refractivity contribution in [2.24, 2.45) is 11.3 Å². The molecule has 0 radical (unpaired) electrons. The SMILES string of the molecule is CCN1CCC(C(=O)N2CCOCC3(Cc4ncc(-c5cncnc5)n4C3)C2)CC1. The van der Waals surface area contributed by atoms with Crippen LogP contribution in [0.4, 0.5) is 0 Å². The molecule has 1 spiro atoms. The number of carbonyl (C=O) groups excluding carboxylic acids is 1. The topological polar surface area (TPSA) is 76.4 Å². The highest BCUT2D eigenvalue weighted by atomic mass is 16.5. The fourth-order valence-electron chi connectivity index (χ4n) is 5.26. The van der Waals surface area contributed by atoms with Crippen molar-refractivity contribution in [3.63, 3.8) is 0 Å². The van der Waals surface area contributed by atoms with E-state index in [1.165, 1.54) is 0 Å². The summed E-state index contributed by atoms with van der Waals surface area (Å²) < 4.78 is 8.27. The molecule has 1 unspecified atom stereocenters. The van der Waals surface area contributed by atoms with E-state index < -0.39 is 0 Å². The van der Waals surface area contributed by atoms with E-state index >= 15 is 0 Å². The van der Waals surface area contributed by atoms with Gasteiger partial charge in [-0.25, -0.2) is 15.0 Å². The van der Waals surface area contributed by atoms with Crippen LogP contribution in [0.5, 0.6) is 0 Å². The summed E-state index contributed by atoms with van der Waals surface area (Å²) in [5, 5.41) is 0. The molecule has 1 atom stereocenters. The smallest absolute Gasteiger partial charge is 0.225 e. The van der Waals surface area contributed by atoms with Crippen LogP contribution in [0, 0.1) is 11.3 Å². The Kier molecular flexibility index (Phi) is 5.28. The first-order chi connectivity index (χ1) is 14.7. The van der Waals surface area contributed by atoms with Gasteiger partial charge in [-0.1, -0.05) is 6.92 Å². The first-order valence-electron chi connectivity index (χ1n) is 11.1. The molecule has 2 fully saturated rings. The molecule has 0 bridgehead atoms. The number of likely N-dealkylation sites (tertiary alicyclic amines) is 1. The zero-order chi connectivity index (χ0) is 20.6. The number of amides is 1. The van der Waals surface area contributed by atoms with E-state index in [4.69, 9.17) is 4.74 Å². The molecule has 30 heavy (non-hydrogen) atoms. The lowest BCUT2D eigenvalue weighted by molar-refractivity contribution is -0.138. The van der Waals surface area contributed by atoms with Crippen LogP contribution in [0.15, 0.2) is 24.9 Å². The van der Waals surface area contributed by atoms with Crippen molar-refractivity contribution in [3.05, 3.63) is 30.7 Å². The van der Waals surface area contributed by atoms with Crippen LogP contribution in [-0.2, 0) is 22.5 Å². The molecule has 3 aliphatic heterocycles. The number of aromatic nitrogens is 4. The Morgan fingerprint density at radius 3 is 2.73 bits per heavy atom. The molecule has 8 nitrogen and oxygen atoms in total. The molecule has 3 aliphatic rings. The molecular formula is C22H30N6O2. The maximum absolute atomic E-state index is 13.4. The normalized spacial score (nSPS) is 25.4. The third-order valence-electron chi connectivity index (χ3n) is 6.96. The molecule has 2 aromatic heterocycles. The minimum Gasteiger partial charge on any atom is -0.379 e. The highest BCUT2D eigenvalue weighted by Crippen LogP contribution is 2.38. The number of fused-ring (bicyclic) bond motifs is 1. The summed E-state index contributed by atoms with van der Waals surface area (Å²) in [4.78, 5) is 30.8. The van der Waals surface area contributed by atoms with Gasteiger partial charge in [0.15, 0.2) is 0 Å². The minimum absolute atomic E-state index is 0.107. The van der Waals surface area contributed by atoms with Crippen LogP contribution in [0.25, 0.3) is 11.3 Å². The molecule has 8 heteroatoms. The minimum atomic E-state index is -0.107. The Morgan fingerprint density at radius 2 is 1.97 bits per heavy atom. The van der Waals surface area contributed by atoms with Gasteiger partial charge >= 0.3 is 0 Å². The monoisotopic (exact) mass is 410 g/mol. The Labute approximate surface area is 177 Å². The number of rotatable bonds is 3. The molecule has 1 amide bonds. The zero-order valence-electron chi connectivity index (χ0n) is 17.7. The number of imidazole rings is 1. The second kappa shape index (κ2) is 8.07. The molecule has 5 heterocycles. The van der Waals surface area contributed by atoms with Crippen LogP contribution in [0.2, 0.25) is 0 Å². The van der Waals surface area contributed by atoms with Crippen molar-refractivity contribution in [2.45, 2.75) is 32.7 Å². The zero-order valence-corrected chi connectivity index (χ0v) is 17.7. The van der Waals surface area contributed by atoms with Gasteiger partial charge < -0.3 is 19.1 Å². The van der Waals surface area contributed by atoms with Crippen LogP contribution >= 0.6 is 0 Å². The summed E-state index contributed by atoms with van der Waals surface area (Å²) in [6, 6.07) is 0. The van der Waals surface area contributed by atoms with Gasteiger partial charge in [0, 0.05) is 55.3 Å². The number of piperidine rings is 1. The molecule has 0 aliphatic carbocycles. The van der Waals surface area contributed by atoms with E-state index in [-0.39, 0.29) is 11.3 Å². The first kappa shape index (κ1) is 19.6. The van der Waals surface area contributed by atoms with Crippen LogP contribution in [0.1, 0.15) is 25.6 Å². The maximum atomic E-state index is 13.4. The number of ether oxygens (including phenoxy) is 1. The number of carbonyl (C=O) groups is 1. The van der Waals surface area contributed by atoms with E-state index in [0.717, 1.165) is 69.1 Å². The third kappa shape index (κ3) is 3.63. The number of hydrogen-bond acceptors (Lipinski definition) is 6. The molecule has 2 aromatic rings. The Morgan fingerprint density at radius 1 is 1.17 bits per heavy atom.